The molecule has 3 aromatic heterocycles. The Kier molecular flexibility index (Phi) is 3.34. The van der Waals surface area contributed by atoms with Crippen LogP contribution in [0.4, 0.5) is 0 Å². The molecule has 3 heterocycles. The van der Waals surface area contributed by atoms with Gasteiger partial charge in [0, 0.05) is 0 Å². The number of hydrogen-bond donors (Lipinski definition) is 1. The van der Waals surface area contributed by atoms with Crippen molar-refractivity contribution in [3.63, 3.8) is 0 Å². The predicted octanol–water partition coefficient (Wildman–Crippen LogP) is 2.73. The van der Waals surface area contributed by atoms with E-state index in [0.29, 0.717) is 32.2 Å². The number of aromatic nitrogens is 2. The monoisotopic (exact) mass is 304 g/mol. The molecule has 0 aliphatic carbocycles. The van der Waals surface area contributed by atoms with Crippen LogP contribution in [0.3, 0.4) is 0 Å². The molecule has 0 aliphatic rings. The van der Waals surface area contributed by atoms with E-state index >= 15 is 0 Å². The van der Waals surface area contributed by atoms with E-state index in [1.54, 1.807) is 26.0 Å². The third-order valence-electron chi connectivity index (χ3n) is 3.02. The van der Waals surface area contributed by atoms with Crippen LogP contribution in [0.15, 0.2) is 27.6 Å². The Hall–Kier alpha value is -2.41. The summed E-state index contributed by atoms with van der Waals surface area (Å²) in [5, 5.41) is 0.415. The van der Waals surface area contributed by atoms with Gasteiger partial charge in [-0.25, -0.2) is 9.78 Å². The van der Waals surface area contributed by atoms with E-state index in [1.165, 1.54) is 6.26 Å². The van der Waals surface area contributed by atoms with Crippen molar-refractivity contribution in [3.05, 3.63) is 39.2 Å². The maximum atomic E-state index is 12.2. The molecule has 3 aromatic rings. The van der Waals surface area contributed by atoms with Crippen LogP contribution < -0.4 is 5.56 Å². The fourth-order valence-electron chi connectivity index (χ4n) is 2.07. The smallest absolute Gasteiger partial charge is 0.348 e. The van der Waals surface area contributed by atoms with E-state index in [2.05, 4.69) is 9.97 Å². The Morgan fingerprint density at radius 2 is 2.33 bits per heavy atom. The Labute approximate surface area is 123 Å². The van der Waals surface area contributed by atoms with Crippen molar-refractivity contribution in [3.8, 4) is 11.6 Å². The summed E-state index contributed by atoms with van der Waals surface area (Å²) in [6, 6.07) is 3.42. The maximum absolute atomic E-state index is 12.2. The average Bonchev–Trinajstić information content (AvgIpc) is 3.07. The number of nitrogens with zero attached hydrogens (tertiary/aromatic N) is 1. The van der Waals surface area contributed by atoms with E-state index < -0.39 is 5.97 Å². The molecule has 0 saturated heterocycles. The predicted molar refractivity (Wildman–Crippen MR) is 78.6 cm³/mol. The molecular weight excluding hydrogens is 292 g/mol. The molecule has 0 amide bonds. The van der Waals surface area contributed by atoms with E-state index in [4.69, 9.17) is 9.15 Å². The van der Waals surface area contributed by atoms with Crippen molar-refractivity contribution in [2.24, 2.45) is 0 Å². The van der Waals surface area contributed by atoms with Crippen molar-refractivity contribution < 1.29 is 13.9 Å². The molecule has 0 saturated carbocycles. The Morgan fingerprint density at radius 3 is 3.00 bits per heavy atom. The third kappa shape index (κ3) is 2.25. The minimum absolute atomic E-state index is 0.286. The van der Waals surface area contributed by atoms with Crippen LogP contribution in [0.2, 0.25) is 0 Å². The van der Waals surface area contributed by atoms with Gasteiger partial charge >= 0.3 is 5.97 Å². The van der Waals surface area contributed by atoms with Crippen molar-refractivity contribution in [1.29, 1.82) is 0 Å². The number of aryl methyl sites for hydroxylation is 1. The summed E-state index contributed by atoms with van der Waals surface area (Å²) in [6.07, 6.45) is 1.50. The number of H-pyrrole nitrogens is 1. The largest absolute Gasteiger partial charge is 0.462 e. The Balaban J connectivity index is 2.20. The Bertz CT molecular complexity index is 861. The number of furan rings is 1. The second kappa shape index (κ2) is 5.17. The van der Waals surface area contributed by atoms with Crippen LogP contribution in [-0.4, -0.2) is 22.5 Å². The van der Waals surface area contributed by atoms with Gasteiger partial charge in [0.15, 0.2) is 11.6 Å². The lowest BCUT2D eigenvalue weighted by Gasteiger charge is -1.98. The lowest BCUT2D eigenvalue weighted by atomic mass is 10.2. The average molecular weight is 304 g/mol. The van der Waals surface area contributed by atoms with Crippen LogP contribution in [0, 0.1) is 6.92 Å². The topological polar surface area (TPSA) is 85.2 Å². The van der Waals surface area contributed by atoms with E-state index in [1.807, 2.05) is 0 Å². The van der Waals surface area contributed by atoms with E-state index in [-0.39, 0.29) is 12.2 Å². The van der Waals surface area contributed by atoms with Gasteiger partial charge in [-0.3, -0.25) is 4.79 Å². The molecule has 21 heavy (non-hydrogen) atoms. The van der Waals surface area contributed by atoms with Crippen molar-refractivity contribution in [2.45, 2.75) is 13.8 Å². The lowest BCUT2D eigenvalue weighted by molar-refractivity contribution is 0.0531. The van der Waals surface area contributed by atoms with Gasteiger partial charge in [-0.1, -0.05) is 0 Å². The molecule has 7 heteroatoms. The first-order chi connectivity index (χ1) is 10.1. The summed E-state index contributed by atoms with van der Waals surface area (Å²) in [5.41, 5.74) is 0.295. The molecular formula is C14H12N2O4S. The highest BCUT2D eigenvalue weighted by Gasteiger charge is 2.20. The summed E-state index contributed by atoms with van der Waals surface area (Å²) in [7, 11) is 0. The zero-order valence-corrected chi connectivity index (χ0v) is 12.2. The second-order valence-electron chi connectivity index (χ2n) is 4.35. The summed E-state index contributed by atoms with van der Waals surface area (Å²) >= 11 is 1.15. The Morgan fingerprint density at radius 1 is 1.52 bits per heavy atom. The lowest BCUT2D eigenvalue weighted by Crippen LogP contribution is -2.09. The summed E-state index contributed by atoms with van der Waals surface area (Å²) in [5.74, 6) is 0.379. The van der Waals surface area contributed by atoms with Crippen molar-refractivity contribution in [2.75, 3.05) is 6.61 Å². The first kappa shape index (κ1) is 13.6. The van der Waals surface area contributed by atoms with Crippen LogP contribution in [0.25, 0.3) is 21.8 Å². The highest BCUT2D eigenvalue weighted by molar-refractivity contribution is 7.20. The number of nitrogens with one attached hydrogen (secondary N) is 1. The van der Waals surface area contributed by atoms with Gasteiger partial charge in [0.25, 0.3) is 5.56 Å². The molecule has 6 nitrogen and oxygen atoms in total. The minimum atomic E-state index is -0.433. The fourth-order valence-corrected chi connectivity index (χ4v) is 3.14. The van der Waals surface area contributed by atoms with Gasteiger partial charge in [0.2, 0.25) is 0 Å². The molecule has 0 atom stereocenters. The van der Waals surface area contributed by atoms with Crippen LogP contribution in [0.5, 0.6) is 0 Å². The van der Waals surface area contributed by atoms with Gasteiger partial charge in [-0.05, 0) is 31.5 Å². The first-order valence-electron chi connectivity index (χ1n) is 6.36. The number of ether oxygens (including phenoxy) is 1. The molecule has 3 rings (SSSR count). The minimum Gasteiger partial charge on any atom is -0.462 e. The van der Waals surface area contributed by atoms with Gasteiger partial charge in [-0.15, -0.1) is 11.3 Å². The van der Waals surface area contributed by atoms with Crippen LogP contribution in [-0.2, 0) is 4.74 Å². The highest BCUT2D eigenvalue weighted by Crippen LogP contribution is 2.29. The molecule has 0 aromatic carbocycles. The van der Waals surface area contributed by atoms with Gasteiger partial charge in [0.1, 0.15) is 9.71 Å². The maximum Gasteiger partial charge on any atom is 0.348 e. The summed E-state index contributed by atoms with van der Waals surface area (Å²) < 4.78 is 10.2. The number of aromatic amines is 1. The normalized spacial score (nSPS) is 11.0. The zero-order valence-electron chi connectivity index (χ0n) is 11.4. The molecule has 0 aliphatic heterocycles. The molecule has 0 unspecified atom stereocenters. The highest BCUT2D eigenvalue weighted by atomic mass is 32.1. The molecule has 0 bridgehead atoms. The van der Waals surface area contributed by atoms with E-state index in [9.17, 15) is 9.59 Å². The van der Waals surface area contributed by atoms with Crippen LogP contribution >= 0.6 is 11.3 Å². The number of thiophene rings is 1. The first-order valence-corrected chi connectivity index (χ1v) is 7.18. The van der Waals surface area contributed by atoms with Crippen molar-refractivity contribution >= 4 is 27.5 Å². The summed E-state index contributed by atoms with van der Waals surface area (Å²) in [6.45, 7) is 3.74. The molecule has 0 spiro atoms. The number of hydrogen-bond acceptors (Lipinski definition) is 6. The fraction of sp³-hybridized carbons (Fsp3) is 0.214. The van der Waals surface area contributed by atoms with E-state index in [0.717, 1.165) is 11.3 Å². The number of carbonyl (C=O) groups is 1. The van der Waals surface area contributed by atoms with Gasteiger partial charge in [-0.2, -0.15) is 0 Å². The number of fused-ring (bicyclic) bond motifs is 1. The summed E-state index contributed by atoms with van der Waals surface area (Å²) in [4.78, 5) is 32.0. The standard InChI is InChI=1S/C14H12N2O4S/c1-3-19-14(18)10-7(2)9-12(17)15-11(16-13(9)21-10)8-5-4-6-20-8/h4-6H,3H2,1-2H3,(H,15,16,17). The molecule has 0 radical (unpaired) electrons. The second-order valence-corrected chi connectivity index (χ2v) is 5.35. The number of esters is 1. The molecule has 108 valence electrons. The quantitative estimate of drug-likeness (QED) is 0.752. The van der Waals surface area contributed by atoms with Crippen LogP contribution in [0.1, 0.15) is 22.2 Å². The third-order valence-corrected chi connectivity index (χ3v) is 4.18. The van der Waals surface area contributed by atoms with Crippen molar-refractivity contribution in [1.82, 2.24) is 9.97 Å². The molecule has 0 fully saturated rings. The SMILES string of the molecule is CCOC(=O)c1sc2nc(-c3ccco3)[nH]c(=O)c2c1C. The van der Waals surface area contributed by atoms with Gasteiger partial charge in [0.05, 0.1) is 18.3 Å². The van der Waals surface area contributed by atoms with Gasteiger partial charge < -0.3 is 14.1 Å². The number of carbonyl (C=O) groups excluding carboxylic acids is 1. The molecule has 1 N–H and O–H groups in total. The number of rotatable bonds is 3. The zero-order chi connectivity index (χ0) is 15.0.